The second-order valence-corrected chi connectivity index (χ2v) is 7.15. The quantitative estimate of drug-likeness (QED) is 0.744. The SMILES string of the molecule is Cc1ccc(CC(C)NCc2cn(C)c3ccccc23)s1. The average Bonchev–Trinajstić information content (AvgIpc) is 3.01. The van der Waals surface area contributed by atoms with Crippen LogP contribution in [0, 0.1) is 6.92 Å². The first-order valence-electron chi connectivity index (χ1n) is 7.45. The van der Waals surface area contributed by atoms with Crippen LogP contribution >= 0.6 is 11.3 Å². The summed E-state index contributed by atoms with van der Waals surface area (Å²) in [5.41, 5.74) is 2.68. The molecule has 2 nitrogen and oxygen atoms in total. The number of hydrogen-bond acceptors (Lipinski definition) is 2. The van der Waals surface area contributed by atoms with Crippen LogP contribution in [0.4, 0.5) is 0 Å². The molecular formula is C18H22N2S. The maximum atomic E-state index is 3.66. The second-order valence-electron chi connectivity index (χ2n) is 5.78. The molecule has 1 aromatic carbocycles. The van der Waals surface area contributed by atoms with E-state index in [1.807, 2.05) is 11.3 Å². The van der Waals surface area contributed by atoms with E-state index in [9.17, 15) is 0 Å². The van der Waals surface area contributed by atoms with Gasteiger partial charge in [0.2, 0.25) is 0 Å². The number of rotatable bonds is 5. The van der Waals surface area contributed by atoms with Gasteiger partial charge >= 0.3 is 0 Å². The Balaban J connectivity index is 1.66. The van der Waals surface area contributed by atoms with E-state index in [1.165, 1.54) is 26.2 Å². The predicted molar refractivity (Wildman–Crippen MR) is 92.0 cm³/mol. The lowest BCUT2D eigenvalue weighted by Gasteiger charge is -2.12. The van der Waals surface area contributed by atoms with Crippen molar-refractivity contribution in [1.82, 2.24) is 9.88 Å². The van der Waals surface area contributed by atoms with Crippen LogP contribution in [-0.2, 0) is 20.0 Å². The van der Waals surface area contributed by atoms with Crippen molar-refractivity contribution < 1.29 is 0 Å². The summed E-state index contributed by atoms with van der Waals surface area (Å²) in [6.07, 6.45) is 3.34. The minimum atomic E-state index is 0.488. The Kier molecular flexibility index (Phi) is 4.13. The summed E-state index contributed by atoms with van der Waals surface area (Å²) >= 11 is 1.90. The molecule has 1 unspecified atom stereocenters. The Morgan fingerprint density at radius 2 is 2.00 bits per heavy atom. The first-order valence-corrected chi connectivity index (χ1v) is 8.27. The molecule has 1 atom stereocenters. The lowest BCUT2D eigenvalue weighted by molar-refractivity contribution is 0.549. The fourth-order valence-electron chi connectivity index (χ4n) is 2.82. The van der Waals surface area contributed by atoms with Crippen LogP contribution in [0.25, 0.3) is 10.9 Å². The van der Waals surface area contributed by atoms with Crippen LogP contribution in [0.2, 0.25) is 0 Å². The van der Waals surface area contributed by atoms with Crippen molar-refractivity contribution in [2.45, 2.75) is 32.9 Å². The van der Waals surface area contributed by atoms with E-state index in [2.05, 4.69) is 73.4 Å². The van der Waals surface area contributed by atoms with Crippen LogP contribution < -0.4 is 5.32 Å². The van der Waals surface area contributed by atoms with Crippen LogP contribution in [0.1, 0.15) is 22.2 Å². The van der Waals surface area contributed by atoms with Crippen molar-refractivity contribution in [3.63, 3.8) is 0 Å². The highest BCUT2D eigenvalue weighted by atomic mass is 32.1. The largest absolute Gasteiger partial charge is 0.350 e. The summed E-state index contributed by atoms with van der Waals surface area (Å²) in [6.45, 7) is 5.36. The predicted octanol–water partition coefficient (Wildman–Crippen LogP) is 4.27. The molecule has 3 heteroatoms. The van der Waals surface area contributed by atoms with Gasteiger partial charge in [0.15, 0.2) is 0 Å². The average molecular weight is 298 g/mol. The van der Waals surface area contributed by atoms with Gasteiger partial charge in [-0.3, -0.25) is 0 Å². The number of fused-ring (bicyclic) bond motifs is 1. The minimum Gasteiger partial charge on any atom is -0.350 e. The molecule has 0 aliphatic carbocycles. The molecule has 0 saturated heterocycles. The molecule has 0 saturated carbocycles. The number of benzene rings is 1. The fraction of sp³-hybridized carbons (Fsp3) is 0.333. The molecule has 3 rings (SSSR count). The highest BCUT2D eigenvalue weighted by Crippen LogP contribution is 2.21. The van der Waals surface area contributed by atoms with Crippen molar-refractivity contribution in [2.75, 3.05) is 0 Å². The summed E-state index contributed by atoms with van der Waals surface area (Å²) in [4.78, 5) is 2.86. The summed E-state index contributed by atoms with van der Waals surface area (Å²) in [5.74, 6) is 0. The number of aromatic nitrogens is 1. The van der Waals surface area contributed by atoms with Crippen molar-refractivity contribution in [1.29, 1.82) is 0 Å². The van der Waals surface area contributed by atoms with Gasteiger partial charge in [-0.15, -0.1) is 11.3 Å². The third-order valence-electron chi connectivity index (χ3n) is 3.92. The second kappa shape index (κ2) is 6.04. The van der Waals surface area contributed by atoms with Crippen molar-refractivity contribution >= 4 is 22.2 Å². The monoisotopic (exact) mass is 298 g/mol. The highest BCUT2D eigenvalue weighted by molar-refractivity contribution is 7.11. The molecule has 3 aromatic rings. The Hall–Kier alpha value is -1.58. The van der Waals surface area contributed by atoms with Gasteiger partial charge in [0.25, 0.3) is 0 Å². The zero-order chi connectivity index (χ0) is 14.8. The first-order chi connectivity index (χ1) is 10.1. The first kappa shape index (κ1) is 14.4. The molecule has 110 valence electrons. The summed E-state index contributed by atoms with van der Waals surface area (Å²) in [6, 6.07) is 13.5. The van der Waals surface area contributed by atoms with Crippen molar-refractivity contribution in [2.24, 2.45) is 7.05 Å². The van der Waals surface area contributed by atoms with Crippen LogP contribution in [0.5, 0.6) is 0 Å². The Morgan fingerprint density at radius 3 is 2.76 bits per heavy atom. The number of thiophene rings is 1. The van der Waals surface area contributed by atoms with Crippen molar-refractivity contribution in [3.05, 3.63) is 57.9 Å². The molecule has 0 aliphatic rings. The maximum absolute atomic E-state index is 3.66. The molecule has 2 aromatic heterocycles. The van der Waals surface area contributed by atoms with Gasteiger partial charge in [0.05, 0.1) is 0 Å². The number of nitrogens with one attached hydrogen (secondary N) is 1. The molecule has 0 fully saturated rings. The zero-order valence-corrected chi connectivity index (χ0v) is 13.7. The smallest absolute Gasteiger partial charge is 0.0481 e. The summed E-state index contributed by atoms with van der Waals surface area (Å²) < 4.78 is 2.21. The van der Waals surface area contributed by atoms with Gasteiger partial charge in [-0.05, 0) is 44.0 Å². The van der Waals surface area contributed by atoms with Crippen molar-refractivity contribution in [3.8, 4) is 0 Å². The van der Waals surface area contributed by atoms with E-state index in [-0.39, 0.29) is 0 Å². The van der Waals surface area contributed by atoms with E-state index < -0.39 is 0 Å². The standard InChI is InChI=1S/C18H22N2S/c1-13(10-16-9-8-14(2)21-16)19-11-15-12-20(3)18-7-5-4-6-17(15)18/h4-9,12-13,19H,10-11H2,1-3H3. The van der Waals surface area contributed by atoms with Gasteiger partial charge < -0.3 is 9.88 Å². The Morgan fingerprint density at radius 1 is 1.19 bits per heavy atom. The molecule has 21 heavy (non-hydrogen) atoms. The minimum absolute atomic E-state index is 0.488. The number of para-hydroxylation sites is 1. The Bertz CT molecular complexity index is 739. The summed E-state index contributed by atoms with van der Waals surface area (Å²) in [5, 5.41) is 5.01. The molecule has 0 radical (unpaired) electrons. The molecule has 0 amide bonds. The lowest BCUT2D eigenvalue weighted by Crippen LogP contribution is -2.27. The van der Waals surface area contributed by atoms with Gasteiger partial charge in [-0.1, -0.05) is 18.2 Å². The molecule has 0 spiro atoms. The highest BCUT2D eigenvalue weighted by Gasteiger charge is 2.08. The fourth-order valence-corrected chi connectivity index (χ4v) is 3.84. The zero-order valence-electron chi connectivity index (χ0n) is 12.9. The topological polar surface area (TPSA) is 17.0 Å². The van der Waals surface area contributed by atoms with E-state index in [4.69, 9.17) is 0 Å². The molecule has 0 bridgehead atoms. The van der Waals surface area contributed by atoms with Gasteiger partial charge in [0.1, 0.15) is 0 Å². The number of hydrogen-bond donors (Lipinski definition) is 1. The van der Waals surface area contributed by atoms with Gasteiger partial charge in [-0.2, -0.15) is 0 Å². The molecule has 1 N–H and O–H groups in total. The number of nitrogens with zero attached hydrogens (tertiary/aromatic N) is 1. The van der Waals surface area contributed by atoms with Gasteiger partial charge in [-0.25, -0.2) is 0 Å². The van der Waals surface area contributed by atoms with Crippen LogP contribution in [0.3, 0.4) is 0 Å². The third-order valence-corrected chi connectivity index (χ3v) is 4.95. The van der Waals surface area contributed by atoms with Crippen LogP contribution in [-0.4, -0.2) is 10.6 Å². The van der Waals surface area contributed by atoms with E-state index in [0.29, 0.717) is 6.04 Å². The van der Waals surface area contributed by atoms with Gasteiger partial charge in [0, 0.05) is 46.5 Å². The normalized spacial score (nSPS) is 12.9. The van der Waals surface area contributed by atoms with E-state index in [1.54, 1.807) is 0 Å². The molecule has 0 aliphatic heterocycles. The van der Waals surface area contributed by atoms with E-state index >= 15 is 0 Å². The lowest BCUT2D eigenvalue weighted by atomic mass is 10.1. The summed E-state index contributed by atoms with van der Waals surface area (Å²) in [7, 11) is 2.11. The van der Waals surface area contributed by atoms with Crippen LogP contribution in [0.15, 0.2) is 42.6 Å². The Labute approximate surface area is 130 Å². The molecular weight excluding hydrogens is 276 g/mol. The maximum Gasteiger partial charge on any atom is 0.0481 e. The number of aryl methyl sites for hydroxylation is 2. The van der Waals surface area contributed by atoms with E-state index in [0.717, 1.165) is 13.0 Å². The third kappa shape index (κ3) is 3.20. The molecule has 2 heterocycles.